The Bertz CT molecular complexity index is 1260. The molecule has 4 rings (SSSR count). The van der Waals surface area contributed by atoms with E-state index in [1.807, 2.05) is 0 Å². The summed E-state index contributed by atoms with van der Waals surface area (Å²) in [6.45, 7) is 0.134. The highest BCUT2D eigenvalue weighted by Crippen LogP contribution is 2.34. The minimum absolute atomic E-state index is 0.0578. The van der Waals surface area contributed by atoms with E-state index in [0.717, 1.165) is 18.2 Å². The van der Waals surface area contributed by atoms with Crippen LogP contribution in [0.2, 0.25) is 0 Å². The summed E-state index contributed by atoms with van der Waals surface area (Å²) in [5.41, 5.74) is 0.220. The van der Waals surface area contributed by atoms with Gasteiger partial charge in [-0.25, -0.2) is 0 Å². The maximum atomic E-state index is 12.2. The highest BCUT2D eigenvalue weighted by atomic mass is 16.7. The summed E-state index contributed by atoms with van der Waals surface area (Å²) in [4.78, 5) is 32.8. The first-order valence-electron chi connectivity index (χ1n) is 9.48. The molecule has 11 nitrogen and oxygen atoms in total. The third-order valence-corrected chi connectivity index (χ3v) is 4.46. The first-order chi connectivity index (χ1) is 15.9. The fourth-order valence-electron chi connectivity index (χ4n) is 2.99. The number of nitro benzene ring substituents is 2. The summed E-state index contributed by atoms with van der Waals surface area (Å²) in [5, 5.41) is 24.8. The molecule has 0 aromatic heterocycles. The lowest BCUT2D eigenvalue weighted by atomic mass is 10.2. The fraction of sp³-hybridized carbons (Fsp3) is 0.0455. The number of non-ortho nitro benzene ring substituents is 2. The van der Waals surface area contributed by atoms with Crippen molar-refractivity contribution in [2.24, 2.45) is 0 Å². The van der Waals surface area contributed by atoms with Crippen LogP contribution in [0.5, 0.6) is 23.0 Å². The van der Waals surface area contributed by atoms with Crippen molar-refractivity contribution in [3.05, 3.63) is 92.5 Å². The number of nitrogens with one attached hydrogen (secondary N) is 1. The summed E-state index contributed by atoms with van der Waals surface area (Å²) in [5.74, 6) is 0.993. The summed E-state index contributed by atoms with van der Waals surface area (Å²) in [6.07, 6.45) is 2.87. The number of nitro groups is 2. The van der Waals surface area contributed by atoms with Crippen molar-refractivity contribution in [1.82, 2.24) is 0 Å². The Morgan fingerprint density at radius 3 is 2.36 bits per heavy atom. The summed E-state index contributed by atoms with van der Waals surface area (Å²) >= 11 is 0. The zero-order chi connectivity index (χ0) is 23.4. The third kappa shape index (κ3) is 5.22. The number of hydrogen-bond donors (Lipinski definition) is 1. The predicted octanol–water partition coefficient (Wildman–Crippen LogP) is 4.68. The first-order valence-corrected chi connectivity index (χ1v) is 9.48. The second-order valence-electron chi connectivity index (χ2n) is 6.76. The number of hydrogen-bond acceptors (Lipinski definition) is 8. The van der Waals surface area contributed by atoms with Gasteiger partial charge in [-0.05, 0) is 35.9 Å². The Morgan fingerprint density at radius 1 is 0.909 bits per heavy atom. The molecule has 33 heavy (non-hydrogen) atoms. The number of ether oxygens (including phenoxy) is 3. The van der Waals surface area contributed by atoms with E-state index in [4.69, 9.17) is 14.2 Å². The molecule has 166 valence electrons. The molecule has 1 aliphatic heterocycles. The molecule has 1 heterocycles. The van der Waals surface area contributed by atoms with Crippen molar-refractivity contribution in [1.29, 1.82) is 0 Å². The number of amides is 1. The van der Waals surface area contributed by atoms with Gasteiger partial charge in [-0.1, -0.05) is 12.1 Å². The average molecular weight is 449 g/mol. The lowest BCUT2D eigenvalue weighted by Crippen LogP contribution is -2.07. The molecular weight excluding hydrogens is 434 g/mol. The third-order valence-electron chi connectivity index (χ3n) is 4.46. The van der Waals surface area contributed by atoms with Crippen LogP contribution in [-0.4, -0.2) is 22.5 Å². The molecule has 0 atom stereocenters. The number of anilines is 1. The molecule has 0 unspecified atom stereocenters. The van der Waals surface area contributed by atoms with Crippen LogP contribution in [0, 0.1) is 20.2 Å². The molecule has 1 N–H and O–H groups in total. The molecule has 3 aromatic carbocycles. The maximum absolute atomic E-state index is 12.2. The second kappa shape index (κ2) is 9.06. The van der Waals surface area contributed by atoms with Crippen molar-refractivity contribution >= 4 is 29.0 Å². The molecule has 3 aromatic rings. The molecule has 0 bridgehead atoms. The highest BCUT2D eigenvalue weighted by Gasteiger charge is 2.18. The smallest absolute Gasteiger partial charge is 0.280 e. The van der Waals surface area contributed by atoms with Crippen LogP contribution < -0.4 is 19.5 Å². The topological polar surface area (TPSA) is 143 Å². The predicted molar refractivity (Wildman–Crippen MR) is 116 cm³/mol. The normalized spacial score (nSPS) is 11.9. The van der Waals surface area contributed by atoms with Gasteiger partial charge in [0.05, 0.1) is 28.0 Å². The molecule has 0 radical (unpaired) electrons. The van der Waals surface area contributed by atoms with Crippen LogP contribution in [0.15, 0.2) is 66.7 Å². The van der Waals surface area contributed by atoms with Crippen LogP contribution in [0.1, 0.15) is 5.56 Å². The van der Waals surface area contributed by atoms with Gasteiger partial charge in [0, 0.05) is 17.8 Å². The first kappa shape index (κ1) is 21.3. The summed E-state index contributed by atoms with van der Waals surface area (Å²) in [6, 6.07) is 14.6. The van der Waals surface area contributed by atoms with Crippen molar-refractivity contribution < 1.29 is 28.9 Å². The lowest BCUT2D eigenvalue weighted by molar-refractivity contribution is -0.394. The minimum Gasteiger partial charge on any atom is -0.457 e. The summed E-state index contributed by atoms with van der Waals surface area (Å²) < 4.78 is 16.1. The average Bonchev–Trinajstić information content (AvgIpc) is 3.25. The number of nitrogens with zero attached hydrogens (tertiary/aromatic N) is 2. The van der Waals surface area contributed by atoms with E-state index in [0.29, 0.717) is 22.7 Å². The number of carbonyl (C=O) groups is 1. The van der Waals surface area contributed by atoms with Gasteiger partial charge in [0.25, 0.3) is 11.4 Å². The minimum atomic E-state index is -0.738. The Labute approximate surface area is 186 Å². The molecule has 1 amide bonds. The zero-order valence-electron chi connectivity index (χ0n) is 16.8. The molecule has 0 saturated heterocycles. The zero-order valence-corrected chi connectivity index (χ0v) is 16.8. The van der Waals surface area contributed by atoms with Crippen LogP contribution in [0.3, 0.4) is 0 Å². The van der Waals surface area contributed by atoms with E-state index in [9.17, 15) is 25.0 Å². The van der Waals surface area contributed by atoms with E-state index in [1.54, 1.807) is 48.5 Å². The van der Waals surface area contributed by atoms with Gasteiger partial charge < -0.3 is 19.5 Å². The van der Waals surface area contributed by atoms with Crippen LogP contribution >= 0.6 is 0 Å². The molecule has 11 heteroatoms. The number of carbonyl (C=O) groups excluding carboxylic acids is 1. The molecule has 0 aliphatic carbocycles. The van der Waals surface area contributed by atoms with Crippen molar-refractivity contribution in [3.8, 4) is 23.0 Å². The van der Waals surface area contributed by atoms with Gasteiger partial charge in [0.15, 0.2) is 11.5 Å². The van der Waals surface area contributed by atoms with E-state index in [2.05, 4.69) is 5.32 Å². The van der Waals surface area contributed by atoms with Gasteiger partial charge in [0.2, 0.25) is 12.7 Å². The lowest BCUT2D eigenvalue weighted by Gasteiger charge is -2.07. The fourth-order valence-corrected chi connectivity index (χ4v) is 2.99. The van der Waals surface area contributed by atoms with Gasteiger partial charge in [-0.3, -0.25) is 25.0 Å². The van der Waals surface area contributed by atoms with Crippen LogP contribution in [0.25, 0.3) is 6.08 Å². The van der Waals surface area contributed by atoms with E-state index in [1.165, 1.54) is 6.08 Å². The van der Waals surface area contributed by atoms with Crippen molar-refractivity contribution in [3.63, 3.8) is 0 Å². The Morgan fingerprint density at radius 2 is 1.64 bits per heavy atom. The second-order valence-corrected chi connectivity index (χ2v) is 6.76. The number of rotatable bonds is 7. The van der Waals surface area contributed by atoms with E-state index >= 15 is 0 Å². The molecule has 1 aliphatic rings. The van der Waals surface area contributed by atoms with E-state index in [-0.39, 0.29) is 24.2 Å². The highest BCUT2D eigenvalue weighted by molar-refractivity contribution is 6.02. The maximum Gasteiger partial charge on any atom is 0.280 e. The quantitative estimate of drug-likeness (QED) is 0.311. The standard InChI is InChI=1S/C22H15N3O8/c26-22(23-15-5-6-20-21(9-15)32-13-31-20)7-4-14-2-1-3-18(8-14)33-19-11-16(24(27)28)10-17(12-19)25(29)30/h1-12H,13H2,(H,23,26)/b7-4+. The van der Waals surface area contributed by atoms with Crippen LogP contribution in [-0.2, 0) is 4.79 Å². The summed E-state index contributed by atoms with van der Waals surface area (Å²) in [7, 11) is 0. The number of fused-ring (bicyclic) bond motifs is 1. The van der Waals surface area contributed by atoms with Crippen molar-refractivity contribution in [2.45, 2.75) is 0 Å². The molecular formula is C22H15N3O8. The number of benzene rings is 3. The van der Waals surface area contributed by atoms with Gasteiger partial charge in [0.1, 0.15) is 11.5 Å². The SMILES string of the molecule is O=C(/C=C/c1cccc(Oc2cc([N+](=O)[O-])cc([N+](=O)[O-])c2)c1)Nc1ccc2c(c1)OCO2. The van der Waals surface area contributed by atoms with E-state index < -0.39 is 21.2 Å². The monoisotopic (exact) mass is 449 g/mol. The van der Waals surface area contributed by atoms with Gasteiger partial charge in [-0.2, -0.15) is 0 Å². The molecule has 0 saturated carbocycles. The van der Waals surface area contributed by atoms with Crippen LogP contribution in [0.4, 0.5) is 17.1 Å². The van der Waals surface area contributed by atoms with Gasteiger partial charge in [-0.15, -0.1) is 0 Å². The Balaban J connectivity index is 1.45. The Hall–Kier alpha value is -4.93. The Kier molecular flexibility index (Phi) is 5.85. The molecule has 0 fully saturated rings. The molecule has 0 spiro atoms. The van der Waals surface area contributed by atoms with Crippen molar-refractivity contribution in [2.75, 3.05) is 12.1 Å². The van der Waals surface area contributed by atoms with Gasteiger partial charge >= 0.3 is 0 Å². The largest absolute Gasteiger partial charge is 0.457 e.